The van der Waals surface area contributed by atoms with Crippen molar-refractivity contribution in [1.29, 1.82) is 0 Å². The topological polar surface area (TPSA) is 22.8 Å². The molecule has 82 valence electrons. The molecule has 0 aromatic carbocycles. The van der Waals surface area contributed by atoms with Crippen molar-refractivity contribution < 1.29 is 0 Å². The molecule has 15 heavy (non-hydrogen) atoms. The highest BCUT2D eigenvalue weighted by atomic mass is 15.3. The Bertz CT molecular complexity index is 404. The van der Waals surface area contributed by atoms with Gasteiger partial charge in [0.05, 0.1) is 0 Å². The molecule has 0 bridgehead atoms. The molecule has 0 fully saturated rings. The number of aromatic nitrogens is 3. The van der Waals surface area contributed by atoms with Gasteiger partial charge in [-0.2, -0.15) is 5.10 Å². The van der Waals surface area contributed by atoms with Crippen LogP contribution in [0.2, 0.25) is 0 Å². The molecule has 0 spiro atoms. The molecule has 0 saturated heterocycles. The molecule has 2 heterocycles. The Labute approximate surface area is 91.3 Å². The molecule has 0 amide bonds. The van der Waals surface area contributed by atoms with Crippen molar-refractivity contribution in [2.45, 2.75) is 27.7 Å². The number of nitrogens with zero attached hydrogens (tertiary/aromatic N) is 3. The lowest BCUT2D eigenvalue weighted by Crippen LogP contribution is -2.00. The summed E-state index contributed by atoms with van der Waals surface area (Å²) in [5, 5.41) is 4.35. The zero-order chi connectivity index (χ0) is 11.4. The maximum Gasteiger partial charge on any atom is 0.159 e. The molecule has 3 heteroatoms. The minimum atomic E-state index is 0.988. The highest BCUT2D eigenvalue weighted by Gasteiger charge is 2.05. The van der Waals surface area contributed by atoms with Crippen molar-refractivity contribution in [3.8, 4) is 5.82 Å². The fourth-order valence-corrected chi connectivity index (χ4v) is 1.55. The van der Waals surface area contributed by atoms with E-state index in [4.69, 9.17) is 0 Å². The van der Waals surface area contributed by atoms with E-state index in [-0.39, 0.29) is 0 Å². The van der Waals surface area contributed by atoms with E-state index in [2.05, 4.69) is 35.6 Å². The van der Waals surface area contributed by atoms with E-state index >= 15 is 0 Å². The predicted octanol–water partition coefficient (Wildman–Crippen LogP) is 2.85. The first kappa shape index (κ1) is 11.6. The lowest BCUT2D eigenvalue weighted by atomic mass is 10.5. The molecular weight excluding hydrogens is 186 g/mol. The van der Waals surface area contributed by atoms with Crippen LogP contribution < -0.4 is 0 Å². The summed E-state index contributed by atoms with van der Waals surface area (Å²) in [6, 6.07) is 6.22. The quantitative estimate of drug-likeness (QED) is 0.702. The van der Waals surface area contributed by atoms with Crippen LogP contribution >= 0.6 is 0 Å². The summed E-state index contributed by atoms with van der Waals surface area (Å²) in [5.74, 6) is 0.988. The van der Waals surface area contributed by atoms with Gasteiger partial charge >= 0.3 is 0 Å². The van der Waals surface area contributed by atoms with Gasteiger partial charge in [-0.3, -0.25) is 4.68 Å². The Morgan fingerprint density at radius 1 is 1.00 bits per heavy atom. The SMILES string of the molecule is CC.Cc1ccc(C)n1-c1ccn(C)n1. The highest BCUT2D eigenvalue weighted by molar-refractivity contribution is 5.29. The molecule has 0 aliphatic heterocycles. The van der Waals surface area contributed by atoms with Crippen molar-refractivity contribution in [2.24, 2.45) is 7.05 Å². The number of rotatable bonds is 1. The summed E-state index contributed by atoms with van der Waals surface area (Å²) >= 11 is 0. The van der Waals surface area contributed by atoms with E-state index in [0.717, 1.165) is 5.82 Å². The average molecular weight is 205 g/mol. The van der Waals surface area contributed by atoms with Crippen molar-refractivity contribution in [3.63, 3.8) is 0 Å². The monoisotopic (exact) mass is 205 g/mol. The van der Waals surface area contributed by atoms with Crippen LogP contribution in [-0.2, 0) is 7.05 Å². The van der Waals surface area contributed by atoms with Crippen molar-refractivity contribution in [1.82, 2.24) is 14.3 Å². The van der Waals surface area contributed by atoms with Gasteiger partial charge in [0.1, 0.15) is 0 Å². The fraction of sp³-hybridized carbons (Fsp3) is 0.417. The maximum atomic E-state index is 4.35. The first-order valence-corrected chi connectivity index (χ1v) is 5.33. The summed E-state index contributed by atoms with van der Waals surface area (Å²) in [6.07, 6.45) is 1.95. The van der Waals surface area contributed by atoms with Gasteiger partial charge in [-0.05, 0) is 26.0 Å². The first-order chi connectivity index (χ1) is 7.18. The number of hydrogen-bond acceptors (Lipinski definition) is 1. The van der Waals surface area contributed by atoms with Crippen LogP contribution in [-0.4, -0.2) is 14.3 Å². The smallest absolute Gasteiger partial charge is 0.159 e. The van der Waals surface area contributed by atoms with Crippen LogP contribution in [0.15, 0.2) is 24.4 Å². The summed E-state index contributed by atoms with van der Waals surface area (Å²) in [4.78, 5) is 0. The molecule has 0 aliphatic rings. The van der Waals surface area contributed by atoms with Gasteiger partial charge in [-0.1, -0.05) is 13.8 Å². The third-order valence-electron chi connectivity index (χ3n) is 2.20. The molecule has 0 saturated carbocycles. The maximum absolute atomic E-state index is 4.35. The van der Waals surface area contributed by atoms with Gasteiger partial charge in [0.15, 0.2) is 5.82 Å². The number of aryl methyl sites for hydroxylation is 3. The van der Waals surface area contributed by atoms with Gasteiger partial charge in [0, 0.05) is 30.7 Å². The molecular formula is C12H19N3. The van der Waals surface area contributed by atoms with Gasteiger partial charge in [-0.15, -0.1) is 0 Å². The second-order valence-corrected chi connectivity index (χ2v) is 3.30. The second kappa shape index (κ2) is 4.82. The fourth-order valence-electron chi connectivity index (χ4n) is 1.55. The van der Waals surface area contributed by atoms with E-state index in [1.165, 1.54) is 11.4 Å². The second-order valence-electron chi connectivity index (χ2n) is 3.30. The van der Waals surface area contributed by atoms with Gasteiger partial charge in [-0.25, -0.2) is 0 Å². The molecule has 0 unspecified atom stereocenters. The third kappa shape index (κ3) is 2.29. The van der Waals surface area contributed by atoms with E-state index < -0.39 is 0 Å². The Hall–Kier alpha value is -1.51. The Kier molecular flexibility index (Phi) is 3.72. The molecule has 2 aromatic heterocycles. The van der Waals surface area contributed by atoms with E-state index in [1.807, 2.05) is 37.8 Å². The average Bonchev–Trinajstić information content (AvgIpc) is 2.77. The summed E-state index contributed by atoms with van der Waals surface area (Å²) in [7, 11) is 1.93. The number of hydrogen-bond donors (Lipinski definition) is 0. The lowest BCUT2D eigenvalue weighted by Gasteiger charge is -2.03. The van der Waals surface area contributed by atoms with Crippen LogP contribution in [0.4, 0.5) is 0 Å². The van der Waals surface area contributed by atoms with Crippen LogP contribution in [0.25, 0.3) is 5.82 Å². The van der Waals surface area contributed by atoms with Crippen LogP contribution in [0.1, 0.15) is 25.2 Å². The molecule has 2 rings (SSSR count). The van der Waals surface area contributed by atoms with Crippen molar-refractivity contribution in [2.75, 3.05) is 0 Å². The normalized spacial score (nSPS) is 9.67. The zero-order valence-electron chi connectivity index (χ0n) is 10.2. The predicted molar refractivity (Wildman–Crippen MR) is 63.4 cm³/mol. The lowest BCUT2D eigenvalue weighted by molar-refractivity contribution is 0.745. The summed E-state index contributed by atoms with van der Waals surface area (Å²) in [6.45, 7) is 8.17. The van der Waals surface area contributed by atoms with E-state index in [0.29, 0.717) is 0 Å². The molecule has 2 aromatic rings. The van der Waals surface area contributed by atoms with Crippen LogP contribution in [0, 0.1) is 13.8 Å². The first-order valence-electron chi connectivity index (χ1n) is 5.33. The Morgan fingerprint density at radius 3 is 1.93 bits per heavy atom. The largest absolute Gasteiger partial charge is 0.302 e. The van der Waals surface area contributed by atoms with Crippen molar-refractivity contribution >= 4 is 0 Å². The van der Waals surface area contributed by atoms with Crippen molar-refractivity contribution in [3.05, 3.63) is 35.8 Å². The highest BCUT2D eigenvalue weighted by Crippen LogP contribution is 2.13. The minimum Gasteiger partial charge on any atom is -0.302 e. The zero-order valence-corrected chi connectivity index (χ0v) is 10.2. The standard InChI is InChI=1S/C10H13N3.C2H6/c1-8-4-5-9(2)13(8)10-6-7-12(3)11-10;1-2/h4-7H,1-3H3;1-2H3. The molecule has 3 nitrogen and oxygen atoms in total. The van der Waals surface area contributed by atoms with E-state index in [9.17, 15) is 0 Å². The Morgan fingerprint density at radius 2 is 1.53 bits per heavy atom. The Balaban J connectivity index is 0.000000531. The summed E-state index contributed by atoms with van der Waals surface area (Å²) in [5.41, 5.74) is 2.44. The van der Waals surface area contributed by atoms with Gasteiger partial charge < -0.3 is 4.57 Å². The van der Waals surface area contributed by atoms with E-state index in [1.54, 1.807) is 0 Å². The minimum absolute atomic E-state index is 0.988. The van der Waals surface area contributed by atoms with Gasteiger partial charge in [0.25, 0.3) is 0 Å². The van der Waals surface area contributed by atoms with Crippen LogP contribution in [0.5, 0.6) is 0 Å². The molecule has 0 N–H and O–H groups in total. The molecule has 0 radical (unpaired) electrons. The summed E-state index contributed by atoms with van der Waals surface area (Å²) < 4.78 is 3.95. The van der Waals surface area contributed by atoms with Gasteiger partial charge in [0.2, 0.25) is 0 Å². The molecule has 0 atom stereocenters. The molecule has 0 aliphatic carbocycles. The van der Waals surface area contributed by atoms with Crippen LogP contribution in [0.3, 0.4) is 0 Å². The third-order valence-corrected chi connectivity index (χ3v) is 2.20.